The summed E-state index contributed by atoms with van der Waals surface area (Å²) in [5.74, 6) is 0.404. The van der Waals surface area contributed by atoms with Gasteiger partial charge in [0.1, 0.15) is 5.82 Å². The van der Waals surface area contributed by atoms with Crippen molar-refractivity contribution in [2.75, 3.05) is 37.4 Å². The molecule has 0 aliphatic carbocycles. The molecule has 0 aromatic carbocycles. The Labute approximate surface area is 101 Å². The number of methoxy groups -OCH3 is 1. The number of pyridine rings is 1. The predicted molar refractivity (Wildman–Crippen MR) is 66.9 cm³/mol. The van der Waals surface area contributed by atoms with Crippen LogP contribution in [-0.2, 0) is 9.53 Å². The first-order valence-corrected chi connectivity index (χ1v) is 5.45. The second-order valence-electron chi connectivity index (χ2n) is 3.44. The molecule has 0 aliphatic heterocycles. The van der Waals surface area contributed by atoms with Gasteiger partial charge in [0.2, 0.25) is 5.91 Å². The van der Waals surface area contributed by atoms with Gasteiger partial charge in [-0.25, -0.2) is 4.98 Å². The molecule has 1 rings (SSSR count). The van der Waals surface area contributed by atoms with Crippen LogP contribution in [0.4, 0.5) is 11.5 Å². The van der Waals surface area contributed by atoms with E-state index in [1.807, 2.05) is 6.07 Å². The number of rotatable bonds is 7. The van der Waals surface area contributed by atoms with Crippen LogP contribution < -0.4 is 16.4 Å². The summed E-state index contributed by atoms with van der Waals surface area (Å²) in [5, 5.41) is 5.79. The largest absolute Gasteiger partial charge is 0.383 e. The van der Waals surface area contributed by atoms with E-state index < -0.39 is 0 Å². The number of aromatic nitrogens is 1. The highest BCUT2D eigenvalue weighted by Crippen LogP contribution is 2.09. The summed E-state index contributed by atoms with van der Waals surface area (Å²) in [4.78, 5) is 15.3. The van der Waals surface area contributed by atoms with Crippen LogP contribution in [0.15, 0.2) is 18.3 Å². The zero-order valence-electron chi connectivity index (χ0n) is 9.90. The van der Waals surface area contributed by atoms with Gasteiger partial charge >= 0.3 is 0 Å². The third-order valence-electron chi connectivity index (χ3n) is 2.04. The van der Waals surface area contributed by atoms with Gasteiger partial charge in [0.15, 0.2) is 0 Å². The molecule has 0 saturated heterocycles. The van der Waals surface area contributed by atoms with E-state index in [-0.39, 0.29) is 5.91 Å². The number of nitrogens with zero attached hydrogens (tertiary/aromatic N) is 1. The summed E-state index contributed by atoms with van der Waals surface area (Å²) < 4.78 is 4.92. The Bertz CT molecular complexity index is 340. The Hall–Kier alpha value is -1.66. The lowest BCUT2D eigenvalue weighted by Gasteiger charge is -2.07. The molecule has 0 unspecified atom stereocenters. The van der Waals surface area contributed by atoms with Crippen molar-refractivity contribution in [2.45, 2.75) is 6.42 Å². The first-order valence-electron chi connectivity index (χ1n) is 5.45. The summed E-state index contributed by atoms with van der Waals surface area (Å²) in [5.41, 5.74) is 6.16. The minimum atomic E-state index is -0.125. The molecule has 0 aliphatic rings. The second-order valence-corrected chi connectivity index (χ2v) is 3.44. The number of carbonyl (C=O) groups excluding carboxylic acids is 1. The van der Waals surface area contributed by atoms with E-state index in [4.69, 9.17) is 10.5 Å². The predicted octanol–water partition coefficient (Wildman–Crippen LogP) is 0.427. The number of ether oxygens (including phenoxy) is 1. The molecule has 6 heteroatoms. The molecular formula is C11H18N4O2. The third kappa shape index (κ3) is 5.28. The molecular weight excluding hydrogens is 220 g/mol. The van der Waals surface area contributed by atoms with Crippen molar-refractivity contribution in [1.82, 2.24) is 4.98 Å². The molecule has 0 atom stereocenters. The molecule has 6 nitrogen and oxygen atoms in total. The SMILES string of the molecule is COCCNc1ccc(NC(=O)CCN)nc1. The van der Waals surface area contributed by atoms with E-state index in [1.165, 1.54) is 0 Å². The molecule has 0 radical (unpaired) electrons. The summed E-state index contributed by atoms with van der Waals surface area (Å²) in [6, 6.07) is 3.59. The highest BCUT2D eigenvalue weighted by atomic mass is 16.5. The van der Waals surface area contributed by atoms with E-state index in [1.54, 1.807) is 19.4 Å². The Kier molecular flexibility index (Phi) is 5.98. The molecule has 1 amide bonds. The first kappa shape index (κ1) is 13.4. The second kappa shape index (κ2) is 7.59. The number of nitrogens with two attached hydrogens (primary N) is 1. The van der Waals surface area contributed by atoms with Gasteiger partial charge in [0, 0.05) is 26.6 Å². The number of hydrogen-bond acceptors (Lipinski definition) is 5. The summed E-state index contributed by atoms with van der Waals surface area (Å²) in [7, 11) is 1.65. The van der Waals surface area contributed by atoms with Crippen molar-refractivity contribution in [3.8, 4) is 0 Å². The van der Waals surface area contributed by atoms with E-state index in [2.05, 4.69) is 15.6 Å². The number of carbonyl (C=O) groups is 1. The molecule has 17 heavy (non-hydrogen) atoms. The van der Waals surface area contributed by atoms with Crippen LogP contribution in [0, 0.1) is 0 Å². The number of hydrogen-bond donors (Lipinski definition) is 3. The summed E-state index contributed by atoms with van der Waals surface area (Å²) in [6.45, 7) is 1.69. The van der Waals surface area contributed by atoms with Crippen molar-refractivity contribution in [1.29, 1.82) is 0 Å². The lowest BCUT2D eigenvalue weighted by molar-refractivity contribution is -0.116. The third-order valence-corrected chi connectivity index (χ3v) is 2.04. The first-order chi connectivity index (χ1) is 8.26. The molecule has 0 bridgehead atoms. The van der Waals surface area contributed by atoms with Crippen molar-refractivity contribution >= 4 is 17.4 Å². The molecule has 0 saturated carbocycles. The minimum Gasteiger partial charge on any atom is -0.383 e. The van der Waals surface area contributed by atoms with Crippen LogP contribution in [0.25, 0.3) is 0 Å². The number of amides is 1. The quantitative estimate of drug-likeness (QED) is 0.599. The number of anilines is 2. The number of nitrogens with one attached hydrogen (secondary N) is 2. The van der Waals surface area contributed by atoms with Crippen LogP contribution in [-0.4, -0.2) is 37.7 Å². The fourth-order valence-electron chi connectivity index (χ4n) is 1.21. The van der Waals surface area contributed by atoms with Gasteiger partial charge in [0.05, 0.1) is 18.5 Å². The van der Waals surface area contributed by atoms with Crippen LogP contribution in [0.5, 0.6) is 0 Å². The van der Waals surface area contributed by atoms with Crippen molar-refractivity contribution in [3.63, 3.8) is 0 Å². The fourth-order valence-corrected chi connectivity index (χ4v) is 1.21. The van der Waals surface area contributed by atoms with Crippen LogP contribution in [0.1, 0.15) is 6.42 Å². The maximum Gasteiger partial charge on any atom is 0.226 e. The summed E-state index contributed by atoms with van der Waals surface area (Å²) in [6.07, 6.45) is 1.96. The Morgan fingerprint density at radius 1 is 1.53 bits per heavy atom. The summed E-state index contributed by atoms with van der Waals surface area (Å²) >= 11 is 0. The zero-order chi connectivity index (χ0) is 12.5. The van der Waals surface area contributed by atoms with Crippen LogP contribution >= 0.6 is 0 Å². The molecule has 4 N–H and O–H groups in total. The van der Waals surface area contributed by atoms with E-state index in [9.17, 15) is 4.79 Å². The lowest BCUT2D eigenvalue weighted by Crippen LogP contribution is -2.16. The van der Waals surface area contributed by atoms with Crippen molar-refractivity contribution in [2.24, 2.45) is 5.73 Å². The van der Waals surface area contributed by atoms with Gasteiger partial charge in [0.25, 0.3) is 0 Å². The van der Waals surface area contributed by atoms with Gasteiger partial charge in [-0.2, -0.15) is 0 Å². The maximum atomic E-state index is 11.2. The van der Waals surface area contributed by atoms with Gasteiger partial charge in [-0.15, -0.1) is 0 Å². The fraction of sp³-hybridized carbons (Fsp3) is 0.455. The molecule has 0 spiro atoms. The van der Waals surface area contributed by atoms with Gasteiger partial charge < -0.3 is 21.1 Å². The standard InChI is InChI=1S/C11H18N4O2/c1-17-7-6-13-9-2-3-10(14-8-9)15-11(16)4-5-12/h2-3,8,13H,4-7,12H2,1H3,(H,14,15,16). The van der Waals surface area contributed by atoms with E-state index >= 15 is 0 Å². The minimum absolute atomic E-state index is 0.125. The smallest absolute Gasteiger partial charge is 0.226 e. The topological polar surface area (TPSA) is 89.3 Å². The highest BCUT2D eigenvalue weighted by Gasteiger charge is 2.01. The normalized spacial score (nSPS) is 10.0. The molecule has 1 heterocycles. The molecule has 1 aromatic rings. The molecule has 0 fully saturated rings. The Balaban J connectivity index is 2.41. The monoisotopic (exact) mass is 238 g/mol. The average Bonchev–Trinajstić information content (AvgIpc) is 2.32. The van der Waals surface area contributed by atoms with Crippen molar-refractivity contribution < 1.29 is 9.53 Å². The molecule has 94 valence electrons. The Morgan fingerprint density at radius 2 is 2.35 bits per heavy atom. The maximum absolute atomic E-state index is 11.2. The average molecular weight is 238 g/mol. The molecule has 1 aromatic heterocycles. The van der Waals surface area contributed by atoms with Gasteiger partial charge in [-0.3, -0.25) is 4.79 Å². The zero-order valence-corrected chi connectivity index (χ0v) is 9.90. The van der Waals surface area contributed by atoms with Gasteiger partial charge in [-0.05, 0) is 12.1 Å². The van der Waals surface area contributed by atoms with Crippen molar-refractivity contribution in [3.05, 3.63) is 18.3 Å². The highest BCUT2D eigenvalue weighted by molar-refractivity contribution is 5.89. The van der Waals surface area contributed by atoms with Gasteiger partial charge in [-0.1, -0.05) is 0 Å². The van der Waals surface area contributed by atoms with E-state index in [0.717, 1.165) is 12.2 Å². The Morgan fingerprint density at radius 3 is 2.94 bits per heavy atom. The van der Waals surface area contributed by atoms with Crippen LogP contribution in [0.2, 0.25) is 0 Å². The van der Waals surface area contributed by atoms with Crippen LogP contribution in [0.3, 0.4) is 0 Å². The lowest BCUT2D eigenvalue weighted by atomic mass is 10.3. The van der Waals surface area contributed by atoms with E-state index in [0.29, 0.717) is 25.4 Å².